The molecular formula is C17H22N4O. The van der Waals surface area contributed by atoms with Crippen molar-refractivity contribution >= 4 is 5.82 Å². The lowest BCUT2D eigenvalue weighted by atomic mass is 9.96. The molecule has 0 spiro atoms. The fraction of sp³-hybridized carbons (Fsp3) is 0.471. The SMILES string of the molecule is COC1CN(c2cc(C)nc(-c3cccnc3)n2)CCC1C. The van der Waals surface area contributed by atoms with Crippen molar-refractivity contribution in [3.63, 3.8) is 0 Å². The highest BCUT2D eigenvalue weighted by atomic mass is 16.5. The minimum Gasteiger partial charge on any atom is -0.379 e. The molecule has 0 saturated carbocycles. The summed E-state index contributed by atoms with van der Waals surface area (Å²) in [6.45, 7) is 6.13. The summed E-state index contributed by atoms with van der Waals surface area (Å²) >= 11 is 0. The molecule has 22 heavy (non-hydrogen) atoms. The zero-order valence-corrected chi connectivity index (χ0v) is 13.4. The topological polar surface area (TPSA) is 51.1 Å². The summed E-state index contributed by atoms with van der Waals surface area (Å²) in [5, 5.41) is 0. The van der Waals surface area contributed by atoms with Crippen LogP contribution in [0.25, 0.3) is 11.4 Å². The van der Waals surface area contributed by atoms with Crippen LogP contribution >= 0.6 is 0 Å². The summed E-state index contributed by atoms with van der Waals surface area (Å²) < 4.78 is 5.61. The van der Waals surface area contributed by atoms with Crippen molar-refractivity contribution in [2.24, 2.45) is 5.92 Å². The highest BCUT2D eigenvalue weighted by Crippen LogP contribution is 2.25. The molecule has 1 fully saturated rings. The standard InChI is InChI=1S/C17H22N4O/c1-12-6-8-21(11-15(12)22-3)16-9-13(2)19-17(20-16)14-5-4-7-18-10-14/h4-5,7,9-10,12,15H,6,8,11H2,1-3H3. The van der Waals surface area contributed by atoms with Crippen LogP contribution in [-0.2, 0) is 4.74 Å². The van der Waals surface area contributed by atoms with Crippen LogP contribution in [0.1, 0.15) is 19.0 Å². The van der Waals surface area contributed by atoms with Gasteiger partial charge in [0.05, 0.1) is 6.10 Å². The fourth-order valence-corrected chi connectivity index (χ4v) is 2.89. The molecule has 5 heteroatoms. The molecule has 0 aliphatic carbocycles. The number of aryl methyl sites for hydroxylation is 1. The van der Waals surface area contributed by atoms with Gasteiger partial charge in [-0.15, -0.1) is 0 Å². The fourth-order valence-electron chi connectivity index (χ4n) is 2.89. The third kappa shape index (κ3) is 3.09. The van der Waals surface area contributed by atoms with Gasteiger partial charge >= 0.3 is 0 Å². The number of pyridine rings is 1. The second kappa shape index (κ2) is 6.40. The lowest BCUT2D eigenvalue weighted by Gasteiger charge is -2.37. The number of aromatic nitrogens is 3. The monoisotopic (exact) mass is 298 g/mol. The van der Waals surface area contributed by atoms with Gasteiger partial charge in [0.15, 0.2) is 5.82 Å². The van der Waals surface area contributed by atoms with Crippen LogP contribution in [0.2, 0.25) is 0 Å². The van der Waals surface area contributed by atoms with Crippen molar-refractivity contribution in [2.45, 2.75) is 26.4 Å². The van der Waals surface area contributed by atoms with Gasteiger partial charge in [-0.2, -0.15) is 0 Å². The number of piperidine rings is 1. The smallest absolute Gasteiger partial charge is 0.163 e. The molecule has 0 bridgehead atoms. The number of hydrogen-bond donors (Lipinski definition) is 0. The van der Waals surface area contributed by atoms with E-state index in [4.69, 9.17) is 9.72 Å². The van der Waals surface area contributed by atoms with Crippen LogP contribution in [-0.4, -0.2) is 41.3 Å². The van der Waals surface area contributed by atoms with Crippen LogP contribution in [0.3, 0.4) is 0 Å². The Labute approximate surface area is 131 Å². The van der Waals surface area contributed by atoms with E-state index in [0.717, 1.165) is 42.4 Å². The first kappa shape index (κ1) is 14.9. The third-order valence-corrected chi connectivity index (χ3v) is 4.28. The van der Waals surface area contributed by atoms with E-state index in [1.165, 1.54) is 0 Å². The molecule has 1 aliphatic heterocycles. The predicted octanol–water partition coefficient (Wildman–Crippen LogP) is 2.71. The summed E-state index contributed by atoms with van der Waals surface area (Å²) in [5.41, 5.74) is 1.91. The van der Waals surface area contributed by atoms with Gasteiger partial charge < -0.3 is 9.64 Å². The average Bonchev–Trinajstić information content (AvgIpc) is 2.55. The molecule has 2 aromatic heterocycles. The Hall–Kier alpha value is -2.01. The first-order valence-electron chi connectivity index (χ1n) is 7.71. The van der Waals surface area contributed by atoms with E-state index in [1.807, 2.05) is 25.1 Å². The summed E-state index contributed by atoms with van der Waals surface area (Å²) in [6.07, 6.45) is 4.93. The van der Waals surface area contributed by atoms with Crippen molar-refractivity contribution < 1.29 is 4.74 Å². The van der Waals surface area contributed by atoms with E-state index in [0.29, 0.717) is 5.92 Å². The normalized spacial score (nSPS) is 21.9. The molecule has 2 unspecified atom stereocenters. The number of hydrogen-bond acceptors (Lipinski definition) is 5. The summed E-state index contributed by atoms with van der Waals surface area (Å²) in [5.74, 6) is 2.29. The van der Waals surface area contributed by atoms with Crippen LogP contribution in [0.5, 0.6) is 0 Å². The highest BCUT2D eigenvalue weighted by Gasteiger charge is 2.27. The molecule has 1 saturated heterocycles. The van der Waals surface area contributed by atoms with Gasteiger partial charge in [0.2, 0.25) is 0 Å². The van der Waals surface area contributed by atoms with Crippen molar-refractivity contribution in [3.05, 3.63) is 36.3 Å². The summed E-state index contributed by atoms with van der Waals surface area (Å²) in [7, 11) is 1.79. The van der Waals surface area contributed by atoms with Crippen LogP contribution in [0.15, 0.2) is 30.6 Å². The zero-order valence-electron chi connectivity index (χ0n) is 13.4. The zero-order chi connectivity index (χ0) is 15.5. The van der Waals surface area contributed by atoms with Crippen molar-refractivity contribution in [2.75, 3.05) is 25.1 Å². The molecule has 0 radical (unpaired) electrons. The molecule has 3 rings (SSSR count). The van der Waals surface area contributed by atoms with E-state index >= 15 is 0 Å². The number of methoxy groups -OCH3 is 1. The van der Waals surface area contributed by atoms with Gasteiger partial charge in [0.25, 0.3) is 0 Å². The molecule has 0 N–H and O–H groups in total. The Bertz CT molecular complexity index is 632. The van der Waals surface area contributed by atoms with E-state index in [9.17, 15) is 0 Å². The van der Waals surface area contributed by atoms with Crippen LogP contribution in [0.4, 0.5) is 5.82 Å². The Kier molecular flexibility index (Phi) is 4.34. The van der Waals surface area contributed by atoms with Crippen LogP contribution in [0, 0.1) is 12.8 Å². The molecule has 0 aromatic carbocycles. The van der Waals surface area contributed by atoms with Crippen molar-refractivity contribution in [3.8, 4) is 11.4 Å². The van der Waals surface area contributed by atoms with E-state index in [-0.39, 0.29) is 6.10 Å². The quantitative estimate of drug-likeness (QED) is 0.872. The summed E-state index contributed by atoms with van der Waals surface area (Å²) in [4.78, 5) is 15.7. The molecule has 116 valence electrons. The van der Waals surface area contributed by atoms with E-state index < -0.39 is 0 Å². The minimum atomic E-state index is 0.255. The van der Waals surface area contributed by atoms with Gasteiger partial charge in [-0.25, -0.2) is 9.97 Å². The van der Waals surface area contributed by atoms with Crippen molar-refractivity contribution in [1.82, 2.24) is 15.0 Å². The number of nitrogens with zero attached hydrogens (tertiary/aromatic N) is 4. The first-order chi connectivity index (χ1) is 10.7. The molecule has 2 atom stereocenters. The molecular weight excluding hydrogens is 276 g/mol. The van der Waals surface area contributed by atoms with E-state index in [2.05, 4.69) is 21.8 Å². The molecule has 3 heterocycles. The van der Waals surface area contributed by atoms with Crippen molar-refractivity contribution in [1.29, 1.82) is 0 Å². The molecule has 0 amide bonds. The maximum absolute atomic E-state index is 5.61. The Balaban J connectivity index is 1.90. The van der Waals surface area contributed by atoms with Gasteiger partial charge in [-0.3, -0.25) is 4.98 Å². The highest BCUT2D eigenvalue weighted by molar-refractivity contribution is 5.56. The predicted molar refractivity (Wildman–Crippen MR) is 86.8 cm³/mol. The number of rotatable bonds is 3. The third-order valence-electron chi connectivity index (χ3n) is 4.28. The summed E-state index contributed by atoms with van der Waals surface area (Å²) in [6, 6.07) is 5.94. The Morgan fingerprint density at radius 2 is 2.18 bits per heavy atom. The minimum absolute atomic E-state index is 0.255. The Morgan fingerprint density at radius 1 is 1.32 bits per heavy atom. The molecule has 5 nitrogen and oxygen atoms in total. The molecule has 2 aromatic rings. The maximum atomic E-state index is 5.61. The Morgan fingerprint density at radius 3 is 2.91 bits per heavy atom. The second-order valence-corrected chi connectivity index (χ2v) is 5.92. The van der Waals surface area contributed by atoms with E-state index in [1.54, 1.807) is 19.5 Å². The van der Waals surface area contributed by atoms with Gasteiger partial charge in [0, 0.05) is 49.9 Å². The maximum Gasteiger partial charge on any atom is 0.163 e. The van der Waals surface area contributed by atoms with Gasteiger partial charge in [-0.1, -0.05) is 6.92 Å². The van der Waals surface area contributed by atoms with Gasteiger partial charge in [-0.05, 0) is 31.4 Å². The largest absolute Gasteiger partial charge is 0.379 e. The van der Waals surface area contributed by atoms with Gasteiger partial charge in [0.1, 0.15) is 5.82 Å². The first-order valence-corrected chi connectivity index (χ1v) is 7.71. The lowest BCUT2D eigenvalue weighted by Crippen LogP contribution is -2.44. The lowest BCUT2D eigenvalue weighted by molar-refractivity contribution is 0.0496. The van der Waals surface area contributed by atoms with Crippen LogP contribution < -0.4 is 4.90 Å². The second-order valence-electron chi connectivity index (χ2n) is 5.92. The number of ether oxygens (including phenoxy) is 1. The number of anilines is 1. The average molecular weight is 298 g/mol. The molecule has 1 aliphatic rings.